The predicted octanol–water partition coefficient (Wildman–Crippen LogP) is 4.32. The number of benzene rings is 2. The normalized spacial score (nSPS) is 11.5. The number of unbranched alkanes of at least 4 members (excludes halogenated alkanes) is 2. The molecule has 0 saturated carbocycles. The number of ketones is 1. The molecule has 0 radical (unpaired) electrons. The van der Waals surface area contributed by atoms with Gasteiger partial charge in [0.1, 0.15) is 17.1 Å². The van der Waals surface area contributed by atoms with E-state index in [0.717, 1.165) is 30.5 Å². The van der Waals surface area contributed by atoms with E-state index in [-0.39, 0.29) is 33.8 Å². The summed E-state index contributed by atoms with van der Waals surface area (Å²) < 4.78 is 19.9. The number of hydrogen-bond donors (Lipinski definition) is 2. The molecule has 168 valence electrons. The molecule has 2 aromatic heterocycles. The number of aromatic nitrogens is 4. The fourth-order valence-corrected chi connectivity index (χ4v) is 3.52. The maximum atomic E-state index is 14.2. The van der Waals surface area contributed by atoms with Crippen LogP contribution in [0.4, 0.5) is 10.1 Å². The van der Waals surface area contributed by atoms with Crippen LogP contribution >= 0.6 is 0 Å². The third kappa shape index (κ3) is 4.72. The summed E-state index contributed by atoms with van der Waals surface area (Å²) in [5.74, 6) is -1.48. The van der Waals surface area contributed by atoms with Crippen molar-refractivity contribution in [1.82, 2.24) is 20.6 Å². The fraction of sp³-hybridized carbons (Fsp3) is 0.208. The molecule has 0 aliphatic heterocycles. The van der Waals surface area contributed by atoms with Crippen LogP contribution in [0, 0.1) is 5.82 Å². The van der Waals surface area contributed by atoms with E-state index in [1.54, 1.807) is 6.08 Å². The molecule has 9 heteroatoms. The number of aromatic amines is 1. The van der Waals surface area contributed by atoms with Crippen molar-refractivity contribution in [3.05, 3.63) is 75.2 Å². The summed E-state index contributed by atoms with van der Waals surface area (Å²) in [6.45, 7) is 2.17. The molecule has 0 aliphatic carbocycles. The lowest BCUT2D eigenvalue weighted by molar-refractivity contribution is 0.104. The average Bonchev–Trinajstić information content (AvgIpc) is 3.35. The number of fused-ring (bicyclic) bond motifs is 1. The summed E-state index contributed by atoms with van der Waals surface area (Å²) in [6, 6.07) is 9.89. The highest BCUT2D eigenvalue weighted by atomic mass is 19.1. The molecule has 3 N–H and O–H groups in total. The van der Waals surface area contributed by atoms with Crippen LogP contribution in [0.25, 0.3) is 28.6 Å². The Morgan fingerprint density at radius 3 is 2.70 bits per heavy atom. The maximum Gasteiger partial charge on any atom is 0.242 e. The van der Waals surface area contributed by atoms with Gasteiger partial charge in [-0.3, -0.25) is 9.59 Å². The van der Waals surface area contributed by atoms with Gasteiger partial charge in [0.2, 0.25) is 17.0 Å². The number of nitrogens with two attached hydrogens (primary N) is 1. The second kappa shape index (κ2) is 9.56. The highest BCUT2D eigenvalue weighted by Gasteiger charge is 2.21. The topological polar surface area (TPSA) is 128 Å². The first-order valence-electron chi connectivity index (χ1n) is 10.6. The number of nitrogens with one attached hydrogen (secondary N) is 1. The van der Waals surface area contributed by atoms with Gasteiger partial charge in [0, 0.05) is 0 Å². The van der Waals surface area contributed by atoms with Gasteiger partial charge in [-0.2, -0.15) is 5.21 Å². The minimum atomic E-state index is -0.755. The average molecular weight is 447 g/mol. The highest BCUT2D eigenvalue weighted by Crippen LogP contribution is 2.28. The molecular weight excluding hydrogens is 425 g/mol. The van der Waals surface area contributed by atoms with Crippen LogP contribution in [0.15, 0.2) is 51.7 Å². The summed E-state index contributed by atoms with van der Waals surface area (Å²) in [5, 5.41) is 13.0. The molecule has 0 bridgehead atoms. The Morgan fingerprint density at radius 2 is 2.00 bits per heavy atom. The molecule has 0 unspecified atom stereocenters. The number of hydrogen-bond acceptors (Lipinski definition) is 7. The lowest BCUT2D eigenvalue weighted by atomic mass is 10.0. The van der Waals surface area contributed by atoms with E-state index in [0.29, 0.717) is 0 Å². The summed E-state index contributed by atoms with van der Waals surface area (Å²) in [6.07, 6.45) is 7.44. The quantitative estimate of drug-likeness (QED) is 0.234. The standard InChI is InChI=1S/C24H22FN5O3/c1-2-3-4-5-14-6-8-15(9-7-14)10-11-19(31)17-12-16(25)13-18-21(32)20(26)23(33-22(17)18)24-27-29-30-28-24/h6-13H,2-5,26H2,1H3,(H,27,28,29,30). The smallest absolute Gasteiger partial charge is 0.242 e. The zero-order valence-electron chi connectivity index (χ0n) is 18.0. The van der Waals surface area contributed by atoms with Gasteiger partial charge in [-0.05, 0) is 47.4 Å². The molecule has 0 spiro atoms. The van der Waals surface area contributed by atoms with Gasteiger partial charge >= 0.3 is 0 Å². The lowest BCUT2D eigenvalue weighted by Gasteiger charge is -2.07. The molecule has 0 saturated heterocycles. The second-order valence-electron chi connectivity index (χ2n) is 7.64. The second-order valence-corrected chi connectivity index (χ2v) is 7.64. The summed E-state index contributed by atoms with van der Waals surface area (Å²) in [5.41, 5.74) is 6.70. The van der Waals surface area contributed by atoms with Crippen LogP contribution in [-0.2, 0) is 6.42 Å². The Kier molecular flexibility index (Phi) is 6.39. The van der Waals surface area contributed by atoms with E-state index < -0.39 is 17.0 Å². The van der Waals surface area contributed by atoms with Crippen LogP contribution < -0.4 is 11.2 Å². The van der Waals surface area contributed by atoms with Gasteiger partial charge in [-0.15, -0.1) is 10.2 Å². The number of halogens is 1. The molecule has 4 rings (SSSR count). The van der Waals surface area contributed by atoms with Crippen LogP contribution in [0.5, 0.6) is 0 Å². The number of allylic oxidation sites excluding steroid dienone is 1. The van der Waals surface area contributed by atoms with Crippen LogP contribution in [0.1, 0.15) is 47.7 Å². The van der Waals surface area contributed by atoms with Crippen molar-refractivity contribution in [2.24, 2.45) is 0 Å². The number of H-pyrrole nitrogens is 1. The van der Waals surface area contributed by atoms with Crippen LogP contribution in [0.3, 0.4) is 0 Å². The third-order valence-electron chi connectivity index (χ3n) is 5.28. The van der Waals surface area contributed by atoms with Crippen molar-refractivity contribution < 1.29 is 13.6 Å². The maximum absolute atomic E-state index is 14.2. The zero-order valence-corrected chi connectivity index (χ0v) is 18.0. The molecular formula is C24H22FN5O3. The molecule has 8 nitrogen and oxygen atoms in total. The summed E-state index contributed by atoms with van der Waals surface area (Å²) in [4.78, 5) is 25.6. The first kappa shape index (κ1) is 22.1. The molecule has 0 atom stereocenters. The van der Waals surface area contributed by atoms with E-state index in [2.05, 4.69) is 27.5 Å². The van der Waals surface area contributed by atoms with E-state index in [1.807, 2.05) is 24.3 Å². The van der Waals surface area contributed by atoms with Gasteiger partial charge in [0.05, 0.1) is 10.9 Å². The van der Waals surface area contributed by atoms with Crippen LogP contribution in [-0.4, -0.2) is 26.4 Å². The fourth-order valence-electron chi connectivity index (χ4n) is 3.52. The molecule has 0 aliphatic rings. The number of carbonyl (C=O) groups excluding carboxylic acids is 1. The number of nitrogens with zero attached hydrogens (tertiary/aromatic N) is 3. The van der Waals surface area contributed by atoms with E-state index >= 15 is 0 Å². The largest absolute Gasteiger partial charge is 0.449 e. The van der Waals surface area contributed by atoms with Gasteiger partial charge in [0.15, 0.2) is 5.78 Å². The first-order chi connectivity index (χ1) is 16.0. The summed E-state index contributed by atoms with van der Waals surface area (Å²) >= 11 is 0. The number of nitrogen functional groups attached to an aromatic ring is 1. The Morgan fingerprint density at radius 1 is 1.21 bits per heavy atom. The van der Waals surface area contributed by atoms with Crippen molar-refractivity contribution >= 4 is 28.5 Å². The molecule has 33 heavy (non-hydrogen) atoms. The van der Waals surface area contributed by atoms with Gasteiger partial charge in [0.25, 0.3) is 0 Å². The van der Waals surface area contributed by atoms with Crippen molar-refractivity contribution in [3.63, 3.8) is 0 Å². The minimum absolute atomic E-state index is 0.0520. The number of tetrazole rings is 1. The Balaban J connectivity index is 1.67. The van der Waals surface area contributed by atoms with Crippen molar-refractivity contribution in [2.45, 2.75) is 32.6 Å². The van der Waals surface area contributed by atoms with Crippen LogP contribution in [0.2, 0.25) is 0 Å². The van der Waals surface area contributed by atoms with Crippen molar-refractivity contribution in [1.29, 1.82) is 0 Å². The van der Waals surface area contributed by atoms with Crippen molar-refractivity contribution in [3.8, 4) is 11.6 Å². The van der Waals surface area contributed by atoms with E-state index in [1.165, 1.54) is 24.5 Å². The van der Waals surface area contributed by atoms with Gasteiger partial charge in [-0.25, -0.2) is 4.39 Å². The number of aryl methyl sites for hydroxylation is 1. The number of carbonyl (C=O) groups is 1. The Hall–Kier alpha value is -4.14. The van der Waals surface area contributed by atoms with E-state index in [4.69, 9.17) is 10.2 Å². The molecule has 0 amide bonds. The molecule has 0 fully saturated rings. The Bertz CT molecular complexity index is 1380. The number of rotatable bonds is 8. The summed E-state index contributed by atoms with van der Waals surface area (Å²) in [7, 11) is 0. The van der Waals surface area contributed by atoms with Gasteiger partial charge < -0.3 is 10.2 Å². The van der Waals surface area contributed by atoms with Crippen molar-refractivity contribution in [2.75, 3.05) is 5.73 Å². The first-order valence-corrected chi connectivity index (χ1v) is 10.6. The van der Waals surface area contributed by atoms with Gasteiger partial charge in [-0.1, -0.05) is 50.1 Å². The minimum Gasteiger partial charge on any atom is -0.449 e. The Labute approximate surface area is 188 Å². The monoisotopic (exact) mass is 447 g/mol. The lowest BCUT2D eigenvalue weighted by Crippen LogP contribution is -2.12. The highest BCUT2D eigenvalue weighted by molar-refractivity contribution is 6.13. The third-order valence-corrected chi connectivity index (χ3v) is 5.28. The molecule has 2 aromatic carbocycles. The number of anilines is 1. The molecule has 4 aromatic rings. The zero-order chi connectivity index (χ0) is 23.4. The predicted molar refractivity (Wildman–Crippen MR) is 123 cm³/mol. The molecule has 2 heterocycles. The van der Waals surface area contributed by atoms with E-state index in [9.17, 15) is 14.0 Å². The SMILES string of the molecule is CCCCCc1ccc(C=CC(=O)c2cc(F)cc3c(=O)c(N)c(-c4nn[nH]n4)oc23)cc1.